The van der Waals surface area contributed by atoms with Gasteiger partial charge >= 0.3 is 0 Å². The fraction of sp³-hybridized carbons (Fsp3) is 1.00. The van der Waals surface area contributed by atoms with Crippen LogP contribution in [0.2, 0.25) is 0 Å². The first-order chi connectivity index (χ1) is 9.49. The molecule has 118 valence electrons. The van der Waals surface area contributed by atoms with Crippen LogP contribution in [-0.2, 0) is 9.47 Å². The van der Waals surface area contributed by atoms with E-state index < -0.39 is 0 Å². The van der Waals surface area contributed by atoms with Crippen molar-refractivity contribution in [1.82, 2.24) is 10.2 Å². The van der Waals surface area contributed by atoms with Crippen molar-refractivity contribution in [1.29, 1.82) is 0 Å². The van der Waals surface area contributed by atoms with Crippen molar-refractivity contribution in [2.45, 2.75) is 70.9 Å². The van der Waals surface area contributed by atoms with Crippen LogP contribution >= 0.6 is 0 Å². The molecule has 1 aliphatic heterocycles. The van der Waals surface area contributed by atoms with E-state index in [0.717, 1.165) is 39.0 Å². The summed E-state index contributed by atoms with van der Waals surface area (Å²) in [5.41, 5.74) is 0. The number of nitrogens with zero attached hydrogens (tertiary/aromatic N) is 1. The molecule has 0 aromatic heterocycles. The summed E-state index contributed by atoms with van der Waals surface area (Å²) < 4.78 is 11.9. The fourth-order valence-corrected chi connectivity index (χ4v) is 3.59. The lowest BCUT2D eigenvalue weighted by atomic mass is 9.83. The molecule has 3 unspecified atom stereocenters. The lowest BCUT2D eigenvalue weighted by molar-refractivity contribution is -0.194. The first kappa shape index (κ1) is 16.2. The maximum atomic E-state index is 5.95. The normalized spacial score (nSPS) is 31.4. The topological polar surface area (TPSA) is 33.7 Å². The first-order valence-corrected chi connectivity index (χ1v) is 8.22. The van der Waals surface area contributed by atoms with Crippen LogP contribution in [0.5, 0.6) is 0 Å². The highest BCUT2D eigenvalue weighted by Crippen LogP contribution is 2.38. The third-order valence-electron chi connectivity index (χ3n) is 5.23. The molecule has 0 aromatic carbocycles. The van der Waals surface area contributed by atoms with Crippen LogP contribution in [0.15, 0.2) is 0 Å². The summed E-state index contributed by atoms with van der Waals surface area (Å²) in [5.74, 6) is 0.354. The summed E-state index contributed by atoms with van der Waals surface area (Å²) >= 11 is 0. The highest BCUT2D eigenvalue weighted by Gasteiger charge is 2.46. The molecule has 1 saturated carbocycles. The monoisotopic (exact) mass is 284 g/mol. The van der Waals surface area contributed by atoms with Crippen LogP contribution < -0.4 is 5.32 Å². The molecule has 20 heavy (non-hydrogen) atoms. The largest absolute Gasteiger partial charge is 0.347 e. The van der Waals surface area contributed by atoms with Gasteiger partial charge < -0.3 is 14.8 Å². The minimum absolute atomic E-state index is 0.304. The molecule has 1 N–H and O–H groups in total. The van der Waals surface area contributed by atoms with Gasteiger partial charge in [0.25, 0.3) is 0 Å². The molecule has 0 radical (unpaired) electrons. The van der Waals surface area contributed by atoms with Gasteiger partial charge in [-0.05, 0) is 32.9 Å². The minimum Gasteiger partial charge on any atom is -0.347 e. The Balaban J connectivity index is 2.09. The predicted octanol–water partition coefficient (Wildman–Crippen LogP) is 2.24. The van der Waals surface area contributed by atoms with Crippen LogP contribution in [0.4, 0.5) is 0 Å². The van der Waals surface area contributed by atoms with Crippen molar-refractivity contribution >= 4 is 0 Å². The molecule has 2 fully saturated rings. The summed E-state index contributed by atoms with van der Waals surface area (Å²) in [4.78, 5) is 2.53. The van der Waals surface area contributed by atoms with Gasteiger partial charge in [0.2, 0.25) is 0 Å². The minimum atomic E-state index is -0.304. The van der Waals surface area contributed by atoms with Gasteiger partial charge in [0.15, 0.2) is 5.79 Å². The van der Waals surface area contributed by atoms with Gasteiger partial charge in [-0.1, -0.05) is 20.8 Å². The predicted molar refractivity (Wildman–Crippen MR) is 81.8 cm³/mol. The number of hydrogen-bond acceptors (Lipinski definition) is 4. The second kappa shape index (κ2) is 6.73. The van der Waals surface area contributed by atoms with Gasteiger partial charge in [0.1, 0.15) is 0 Å². The molecule has 0 amide bonds. The quantitative estimate of drug-likeness (QED) is 0.839. The average molecular weight is 284 g/mol. The highest BCUT2D eigenvalue weighted by molar-refractivity contribution is 4.97. The van der Waals surface area contributed by atoms with Gasteiger partial charge in [0.05, 0.1) is 13.2 Å². The van der Waals surface area contributed by atoms with E-state index in [0.29, 0.717) is 24.0 Å². The lowest BCUT2D eigenvalue weighted by Gasteiger charge is -2.47. The van der Waals surface area contributed by atoms with Crippen molar-refractivity contribution < 1.29 is 9.47 Å². The molecule has 1 aliphatic carbocycles. The molecule has 0 bridgehead atoms. The highest BCUT2D eigenvalue weighted by atomic mass is 16.7. The van der Waals surface area contributed by atoms with E-state index in [1.807, 2.05) is 0 Å². The summed E-state index contributed by atoms with van der Waals surface area (Å²) in [7, 11) is 2.26. The van der Waals surface area contributed by atoms with Crippen molar-refractivity contribution in [3.8, 4) is 0 Å². The Morgan fingerprint density at radius 1 is 1.25 bits per heavy atom. The van der Waals surface area contributed by atoms with Gasteiger partial charge in [-0.15, -0.1) is 0 Å². The van der Waals surface area contributed by atoms with Crippen molar-refractivity contribution in [2.24, 2.45) is 5.92 Å². The number of likely N-dealkylation sites (N-methyl/N-ethyl adjacent to an activating group) is 2. The Bertz CT molecular complexity index is 303. The van der Waals surface area contributed by atoms with E-state index in [-0.39, 0.29) is 5.79 Å². The maximum absolute atomic E-state index is 5.95. The number of rotatable bonds is 5. The van der Waals surface area contributed by atoms with E-state index in [1.54, 1.807) is 0 Å². The summed E-state index contributed by atoms with van der Waals surface area (Å²) in [5, 5.41) is 3.66. The number of nitrogens with one attached hydrogen (secondary N) is 1. The summed E-state index contributed by atoms with van der Waals surface area (Å²) in [6.07, 6.45) is 3.14. The van der Waals surface area contributed by atoms with E-state index in [4.69, 9.17) is 9.47 Å². The van der Waals surface area contributed by atoms with Crippen molar-refractivity contribution in [2.75, 3.05) is 26.8 Å². The van der Waals surface area contributed by atoms with Crippen LogP contribution in [0.3, 0.4) is 0 Å². The van der Waals surface area contributed by atoms with E-state index in [1.165, 1.54) is 0 Å². The maximum Gasteiger partial charge on any atom is 0.170 e. The molecule has 0 aromatic rings. The Hall–Kier alpha value is -0.160. The van der Waals surface area contributed by atoms with Crippen LogP contribution in [0, 0.1) is 5.92 Å². The SMILES string of the molecule is CCNC1CCC2(CC1N(C)C(C)C(C)C)OCCO2. The average Bonchev–Trinajstić information content (AvgIpc) is 2.88. The molecule has 1 spiro atoms. The van der Waals surface area contributed by atoms with E-state index in [9.17, 15) is 0 Å². The standard InChI is InChI=1S/C16H32N2O2/c1-6-17-14-7-8-16(19-9-10-20-16)11-15(14)18(5)13(4)12(2)3/h12-15,17H,6-11H2,1-5H3. The second-order valence-electron chi connectivity index (χ2n) is 6.73. The van der Waals surface area contributed by atoms with Crippen LogP contribution in [-0.4, -0.2) is 55.6 Å². The van der Waals surface area contributed by atoms with Gasteiger partial charge in [-0.3, -0.25) is 4.90 Å². The Kier molecular flexibility index (Phi) is 5.46. The molecule has 1 saturated heterocycles. The van der Waals surface area contributed by atoms with E-state index >= 15 is 0 Å². The van der Waals surface area contributed by atoms with Gasteiger partial charge in [-0.25, -0.2) is 0 Å². The van der Waals surface area contributed by atoms with Gasteiger partial charge in [-0.2, -0.15) is 0 Å². The van der Waals surface area contributed by atoms with Crippen LogP contribution in [0.25, 0.3) is 0 Å². The van der Waals surface area contributed by atoms with Crippen molar-refractivity contribution in [3.63, 3.8) is 0 Å². The zero-order chi connectivity index (χ0) is 14.8. The zero-order valence-corrected chi connectivity index (χ0v) is 13.8. The molecule has 4 heteroatoms. The molecule has 1 heterocycles. The summed E-state index contributed by atoms with van der Waals surface area (Å²) in [6.45, 7) is 11.6. The molecular weight excluding hydrogens is 252 g/mol. The van der Waals surface area contributed by atoms with E-state index in [2.05, 4.69) is 45.0 Å². The molecule has 2 aliphatic rings. The Morgan fingerprint density at radius 2 is 1.90 bits per heavy atom. The number of hydrogen-bond donors (Lipinski definition) is 1. The van der Waals surface area contributed by atoms with Gasteiger partial charge in [0, 0.05) is 31.0 Å². The molecule has 4 nitrogen and oxygen atoms in total. The Morgan fingerprint density at radius 3 is 2.45 bits per heavy atom. The Labute approximate surface area is 124 Å². The lowest BCUT2D eigenvalue weighted by Crippen LogP contribution is -2.59. The second-order valence-corrected chi connectivity index (χ2v) is 6.73. The first-order valence-electron chi connectivity index (χ1n) is 8.22. The zero-order valence-electron chi connectivity index (χ0n) is 13.8. The van der Waals surface area contributed by atoms with Crippen molar-refractivity contribution in [3.05, 3.63) is 0 Å². The molecular formula is C16H32N2O2. The third kappa shape index (κ3) is 3.35. The molecule has 3 atom stereocenters. The summed E-state index contributed by atoms with van der Waals surface area (Å²) in [6, 6.07) is 1.60. The molecule has 2 rings (SSSR count). The third-order valence-corrected chi connectivity index (χ3v) is 5.23. The smallest absolute Gasteiger partial charge is 0.170 e. The number of ether oxygens (including phenoxy) is 2. The van der Waals surface area contributed by atoms with Crippen LogP contribution in [0.1, 0.15) is 47.0 Å². The fourth-order valence-electron chi connectivity index (χ4n) is 3.59.